The zero-order valence-electron chi connectivity index (χ0n) is 10.9. The van der Waals surface area contributed by atoms with Crippen LogP contribution < -0.4 is 0 Å². The minimum atomic E-state index is 1.23. The zero-order chi connectivity index (χ0) is 13.6. The summed E-state index contributed by atoms with van der Waals surface area (Å²) < 4.78 is 0. The fraction of sp³-hybridized carbons (Fsp3) is 0. The van der Waals surface area contributed by atoms with Gasteiger partial charge in [-0.25, -0.2) is 0 Å². The predicted molar refractivity (Wildman–Crippen MR) is 92.9 cm³/mol. The van der Waals surface area contributed by atoms with Crippen LogP contribution in [0.3, 0.4) is 0 Å². The average Bonchev–Trinajstić information content (AvgIpc) is 3.17. The number of benzene rings is 1. The van der Waals surface area contributed by atoms with Crippen molar-refractivity contribution in [2.75, 3.05) is 0 Å². The van der Waals surface area contributed by atoms with Crippen LogP contribution in [-0.4, -0.2) is 0 Å². The van der Waals surface area contributed by atoms with Gasteiger partial charge in [-0.05, 0) is 46.2 Å². The highest BCUT2D eigenvalue weighted by Gasteiger charge is 1.91. The second-order valence-electron chi connectivity index (χ2n) is 4.36. The molecule has 98 valence electrons. The lowest BCUT2D eigenvalue weighted by atomic mass is 10.1. The van der Waals surface area contributed by atoms with Crippen LogP contribution in [0, 0.1) is 0 Å². The highest BCUT2D eigenvalue weighted by molar-refractivity contribution is 7.11. The summed E-state index contributed by atoms with van der Waals surface area (Å²) in [4.78, 5) is 2.57. The SMILES string of the molecule is C(=C/c1cccs1)/c1ccc(/C=C\c2cccs2)cc1. The Morgan fingerprint density at radius 1 is 0.550 bits per heavy atom. The fourth-order valence-electron chi connectivity index (χ4n) is 1.85. The maximum Gasteiger partial charge on any atom is 0.0270 e. The Kier molecular flexibility index (Phi) is 4.26. The van der Waals surface area contributed by atoms with Crippen molar-refractivity contribution >= 4 is 47.0 Å². The monoisotopic (exact) mass is 294 g/mol. The van der Waals surface area contributed by atoms with E-state index in [1.165, 1.54) is 20.9 Å². The van der Waals surface area contributed by atoms with Crippen molar-refractivity contribution in [1.82, 2.24) is 0 Å². The van der Waals surface area contributed by atoms with E-state index in [0.29, 0.717) is 0 Å². The van der Waals surface area contributed by atoms with E-state index in [2.05, 4.69) is 83.6 Å². The van der Waals surface area contributed by atoms with Crippen LogP contribution in [0.2, 0.25) is 0 Å². The summed E-state index contributed by atoms with van der Waals surface area (Å²) in [5.41, 5.74) is 2.46. The Morgan fingerprint density at radius 3 is 1.35 bits per heavy atom. The van der Waals surface area contributed by atoms with E-state index in [9.17, 15) is 0 Å². The second kappa shape index (κ2) is 6.51. The van der Waals surface area contributed by atoms with Crippen LogP contribution in [0.1, 0.15) is 20.9 Å². The first-order valence-corrected chi connectivity index (χ1v) is 8.19. The molecule has 0 aliphatic heterocycles. The maximum absolute atomic E-state index is 2.15. The van der Waals surface area contributed by atoms with Gasteiger partial charge in [0.2, 0.25) is 0 Å². The molecule has 0 aliphatic carbocycles. The topological polar surface area (TPSA) is 0 Å². The summed E-state index contributed by atoms with van der Waals surface area (Å²) >= 11 is 3.51. The molecule has 0 atom stereocenters. The molecule has 1 aromatic carbocycles. The van der Waals surface area contributed by atoms with Gasteiger partial charge in [0, 0.05) is 9.75 Å². The van der Waals surface area contributed by atoms with Gasteiger partial charge in [-0.3, -0.25) is 0 Å². The van der Waals surface area contributed by atoms with Gasteiger partial charge in [-0.2, -0.15) is 0 Å². The molecule has 3 aromatic rings. The van der Waals surface area contributed by atoms with Gasteiger partial charge in [0.25, 0.3) is 0 Å². The first-order valence-electron chi connectivity index (χ1n) is 6.43. The van der Waals surface area contributed by atoms with Gasteiger partial charge in [0.1, 0.15) is 0 Å². The van der Waals surface area contributed by atoms with Crippen LogP contribution in [0.15, 0.2) is 59.3 Å². The lowest BCUT2D eigenvalue weighted by Crippen LogP contribution is -1.74. The van der Waals surface area contributed by atoms with E-state index in [-0.39, 0.29) is 0 Å². The standard InChI is InChI=1S/C18H14S2/c1-3-17(19-13-1)11-9-15-5-7-16(8-6-15)10-12-18-4-2-14-20-18/h1-14H/b11-9-,12-10-. The van der Waals surface area contributed by atoms with Crippen molar-refractivity contribution in [2.45, 2.75) is 0 Å². The van der Waals surface area contributed by atoms with Crippen LogP contribution in [0.5, 0.6) is 0 Å². The highest BCUT2D eigenvalue weighted by atomic mass is 32.1. The third-order valence-corrected chi connectivity index (χ3v) is 4.58. The molecule has 2 heterocycles. The molecule has 0 nitrogen and oxygen atoms in total. The molecule has 0 saturated carbocycles. The molecule has 0 N–H and O–H groups in total. The number of hydrogen-bond donors (Lipinski definition) is 0. The molecule has 0 amide bonds. The molecule has 0 fully saturated rings. The van der Waals surface area contributed by atoms with Crippen molar-refractivity contribution in [1.29, 1.82) is 0 Å². The van der Waals surface area contributed by atoms with Gasteiger partial charge in [-0.15, -0.1) is 22.7 Å². The summed E-state index contributed by atoms with van der Waals surface area (Å²) in [7, 11) is 0. The summed E-state index contributed by atoms with van der Waals surface area (Å²) in [6.07, 6.45) is 8.61. The molecule has 0 saturated heterocycles. The summed E-state index contributed by atoms with van der Waals surface area (Å²) in [5.74, 6) is 0. The molecule has 3 rings (SSSR count). The van der Waals surface area contributed by atoms with E-state index >= 15 is 0 Å². The molecule has 20 heavy (non-hydrogen) atoms. The summed E-state index contributed by atoms with van der Waals surface area (Å²) in [5, 5.41) is 4.19. The van der Waals surface area contributed by atoms with Crippen molar-refractivity contribution in [3.63, 3.8) is 0 Å². The Morgan fingerprint density at radius 2 is 1.00 bits per heavy atom. The Hall–Kier alpha value is -1.90. The Bertz CT molecular complexity index is 621. The smallest absolute Gasteiger partial charge is 0.0270 e. The highest BCUT2D eigenvalue weighted by Crippen LogP contribution is 2.16. The number of thiophene rings is 2. The van der Waals surface area contributed by atoms with Gasteiger partial charge in [0.15, 0.2) is 0 Å². The minimum Gasteiger partial charge on any atom is -0.144 e. The first-order chi connectivity index (χ1) is 9.90. The maximum atomic E-state index is 2.15. The van der Waals surface area contributed by atoms with E-state index in [1.54, 1.807) is 22.7 Å². The van der Waals surface area contributed by atoms with Crippen molar-refractivity contribution < 1.29 is 0 Å². The van der Waals surface area contributed by atoms with Crippen LogP contribution in [0.4, 0.5) is 0 Å². The lowest BCUT2D eigenvalue weighted by Gasteiger charge is -1.95. The molecule has 0 bridgehead atoms. The molecular weight excluding hydrogens is 280 g/mol. The molecule has 0 unspecified atom stereocenters. The Labute approximate surface area is 127 Å². The third kappa shape index (κ3) is 3.56. The van der Waals surface area contributed by atoms with E-state index < -0.39 is 0 Å². The van der Waals surface area contributed by atoms with Crippen molar-refractivity contribution in [2.24, 2.45) is 0 Å². The van der Waals surface area contributed by atoms with E-state index in [1.807, 2.05) is 0 Å². The summed E-state index contributed by atoms with van der Waals surface area (Å²) in [6, 6.07) is 17.0. The van der Waals surface area contributed by atoms with Gasteiger partial charge >= 0.3 is 0 Å². The van der Waals surface area contributed by atoms with Gasteiger partial charge in [0.05, 0.1) is 0 Å². The molecule has 0 aliphatic rings. The van der Waals surface area contributed by atoms with Crippen LogP contribution >= 0.6 is 22.7 Å². The van der Waals surface area contributed by atoms with Crippen LogP contribution in [0.25, 0.3) is 24.3 Å². The van der Waals surface area contributed by atoms with Crippen molar-refractivity contribution in [3.05, 3.63) is 80.2 Å². The van der Waals surface area contributed by atoms with Crippen LogP contribution in [-0.2, 0) is 0 Å². The first kappa shape index (κ1) is 13.1. The van der Waals surface area contributed by atoms with Crippen molar-refractivity contribution in [3.8, 4) is 0 Å². The van der Waals surface area contributed by atoms with E-state index in [0.717, 1.165) is 0 Å². The zero-order valence-corrected chi connectivity index (χ0v) is 12.5. The largest absolute Gasteiger partial charge is 0.144 e. The number of hydrogen-bond acceptors (Lipinski definition) is 2. The molecule has 2 aromatic heterocycles. The average molecular weight is 294 g/mol. The third-order valence-electron chi connectivity index (χ3n) is 2.90. The quantitative estimate of drug-likeness (QED) is 0.541. The molecule has 2 heteroatoms. The number of rotatable bonds is 4. The fourth-order valence-corrected chi connectivity index (χ4v) is 3.08. The predicted octanol–water partition coefficient (Wildman–Crippen LogP) is 6.15. The van der Waals surface area contributed by atoms with Gasteiger partial charge in [-0.1, -0.05) is 48.6 Å². The minimum absolute atomic E-state index is 1.23. The molecule has 0 radical (unpaired) electrons. The van der Waals surface area contributed by atoms with Gasteiger partial charge < -0.3 is 0 Å². The molecule has 0 spiro atoms. The Balaban J connectivity index is 1.68. The second-order valence-corrected chi connectivity index (χ2v) is 6.32. The lowest BCUT2D eigenvalue weighted by molar-refractivity contribution is 1.63. The molecular formula is C18H14S2. The summed E-state index contributed by atoms with van der Waals surface area (Å²) in [6.45, 7) is 0. The normalized spacial score (nSPS) is 11.6. The van der Waals surface area contributed by atoms with E-state index in [4.69, 9.17) is 0 Å².